The van der Waals surface area contributed by atoms with Crippen LogP contribution in [-0.4, -0.2) is 18.3 Å². The highest BCUT2D eigenvalue weighted by Crippen LogP contribution is 2.30. The molecule has 1 fully saturated rings. The minimum absolute atomic E-state index is 0.728. The van der Waals surface area contributed by atoms with Crippen LogP contribution in [0.2, 0.25) is 5.02 Å². The van der Waals surface area contributed by atoms with Crippen molar-refractivity contribution in [3.63, 3.8) is 0 Å². The molecular weight excluding hydrogens is 250 g/mol. The first-order valence-electron chi connectivity index (χ1n) is 6.31. The third-order valence-electron chi connectivity index (χ3n) is 3.43. The van der Waals surface area contributed by atoms with Crippen molar-refractivity contribution in [2.75, 3.05) is 7.05 Å². The van der Waals surface area contributed by atoms with E-state index in [9.17, 15) is 0 Å². The lowest BCUT2D eigenvalue weighted by atomic mass is 9.95. The topological polar surface area (TPSA) is 12.0 Å². The maximum absolute atomic E-state index is 5.88. The minimum atomic E-state index is 0.728. The van der Waals surface area contributed by atoms with Gasteiger partial charge in [-0.15, -0.1) is 0 Å². The molecule has 0 radical (unpaired) electrons. The summed E-state index contributed by atoms with van der Waals surface area (Å²) >= 11 is 7.98. The van der Waals surface area contributed by atoms with E-state index >= 15 is 0 Å². The Morgan fingerprint density at radius 2 is 2.06 bits per heavy atom. The molecule has 2 unspecified atom stereocenters. The van der Waals surface area contributed by atoms with Gasteiger partial charge in [-0.2, -0.15) is 11.8 Å². The van der Waals surface area contributed by atoms with Crippen molar-refractivity contribution in [1.82, 2.24) is 5.32 Å². The zero-order valence-electron chi connectivity index (χ0n) is 10.3. The molecule has 2 rings (SSSR count). The first kappa shape index (κ1) is 13.3. The molecule has 1 aromatic rings. The van der Waals surface area contributed by atoms with Crippen molar-refractivity contribution >= 4 is 23.4 Å². The van der Waals surface area contributed by atoms with Gasteiger partial charge in [-0.1, -0.05) is 30.2 Å². The quantitative estimate of drug-likeness (QED) is 0.883. The molecule has 1 aliphatic carbocycles. The van der Waals surface area contributed by atoms with E-state index < -0.39 is 0 Å². The Bertz CT molecular complexity index is 339. The van der Waals surface area contributed by atoms with Crippen LogP contribution in [0.5, 0.6) is 0 Å². The SMILES string of the molecule is CNC1CCCC(SCc2ccc(Cl)cc2)C1. The lowest BCUT2D eigenvalue weighted by Crippen LogP contribution is -2.32. The van der Waals surface area contributed by atoms with Gasteiger partial charge < -0.3 is 5.32 Å². The normalized spacial score (nSPS) is 24.8. The van der Waals surface area contributed by atoms with Crippen molar-refractivity contribution in [2.24, 2.45) is 0 Å². The molecule has 0 bridgehead atoms. The average molecular weight is 270 g/mol. The van der Waals surface area contributed by atoms with E-state index in [1.807, 2.05) is 12.1 Å². The van der Waals surface area contributed by atoms with Crippen LogP contribution in [0.3, 0.4) is 0 Å². The summed E-state index contributed by atoms with van der Waals surface area (Å²) < 4.78 is 0. The molecule has 0 heterocycles. The van der Waals surface area contributed by atoms with Crippen molar-refractivity contribution in [1.29, 1.82) is 0 Å². The third-order valence-corrected chi connectivity index (χ3v) is 5.08. The van der Waals surface area contributed by atoms with E-state index in [4.69, 9.17) is 11.6 Å². The molecule has 1 aromatic carbocycles. The van der Waals surface area contributed by atoms with Gasteiger partial charge in [0.05, 0.1) is 0 Å². The molecule has 1 N–H and O–H groups in total. The molecule has 94 valence electrons. The maximum atomic E-state index is 5.88. The number of nitrogens with one attached hydrogen (secondary N) is 1. The monoisotopic (exact) mass is 269 g/mol. The van der Waals surface area contributed by atoms with Gasteiger partial charge in [0.15, 0.2) is 0 Å². The van der Waals surface area contributed by atoms with Crippen LogP contribution in [0.25, 0.3) is 0 Å². The zero-order valence-corrected chi connectivity index (χ0v) is 11.9. The molecule has 0 spiro atoms. The van der Waals surface area contributed by atoms with Gasteiger partial charge >= 0.3 is 0 Å². The first-order valence-corrected chi connectivity index (χ1v) is 7.74. The standard InChI is InChI=1S/C14H20ClNS/c1-16-13-3-2-4-14(9-13)17-10-11-5-7-12(15)8-6-11/h5-8,13-14,16H,2-4,9-10H2,1H3. The fourth-order valence-corrected chi connectivity index (χ4v) is 3.80. The maximum Gasteiger partial charge on any atom is 0.0406 e. The summed E-state index contributed by atoms with van der Waals surface area (Å²) in [6.45, 7) is 0. The Morgan fingerprint density at radius 1 is 1.29 bits per heavy atom. The smallest absolute Gasteiger partial charge is 0.0406 e. The van der Waals surface area contributed by atoms with E-state index in [-0.39, 0.29) is 0 Å². The van der Waals surface area contributed by atoms with Gasteiger partial charge in [0.2, 0.25) is 0 Å². The van der Waals surface area contributed by atoms with Crippen LogP contribution in [0.1, 0.15) is 31.2 Å². The molecule has 0 saturated heterocycles. The van der Waals surface area contributed by atoms with Crippen molar-refractivity contribution in [3.05, 3.63) is 34.9 Å². The molecule has 1 aliphatic rings. The Balaban J connectivity index is 1.79. The second-order valence-electron chi connectivity index (χ2n) is 4.71. The zero-order chi connectivity index (χ0) is 12.1. The van der Waals surface area contributed by atoms with E-state index in [1.54, 1.807) is 0 Å². The first-order chi connectivity index (χ1) is 8.28. The lowest BCUT2D eigenvalue weighted by molar-refractivity contribution is 0.402. The molecule has 17 heavy (non-hydrogen) atoms. The van der Waals surface area contributed by atoms with Crippen molar-refractivity contribution in [2.45, 2.75) is 42.7 Å². The second-order valence-corrected chi connectivity index (χ2v) is 6.44. The van der Waals surface area contributed by atoms with Gasteiger partial charge in [-0.05, 0) is 44.0 Å². The summed E-state index contributed by atoms with van der Waals surface area (Å²) in [4.78, 5) is 0. The van der Waals surface area contributed by atoms with E-state index in [2.05, 4.69) is 36.3 Å². The van der Waals surface area contributed by atoms with Crippen LogP contribution in [0, 0.1) is 0 Å². The fraction of sp³-hybridized carbons (Fsp3) is 0.571. The molecule has 0 amide bonds. The summed E-state index contributed by atoms with van der Waals surface area (Å²) in [5.41, 5.74) is 1.38. The number of hydrogen-bond acceptors (Lipinski definition) is 2. The molecule has 0 aromatic heterocycles. The Labute approximate surface area is 113 Å². The van der Waals surface area contributed by atoms with Gasteiger partial charge in [0.1, 0.15) is 0 Å². The van der Waals surface area contributed by atoms with Crippen molar-refractivity contribution < 1.29 is 0 Å². The minimum Gasteiger partial charge on any atom is -0.317 e. The second kappa shape index (κ2) is 6.67. The van der Waals surface area contributed by atoms with Gasteiger partial charge in [-0.25, -0.2) is 0 Å². The predicted octanol–water partition coefficient (Wildman–Crippen LogP) is 4.10. The predicted molar refractivity (Wildman–Crippen MR) is 77.9 cm³/mol. The molecule has 3 heteroatoms. The Morgan fingerprint density at radius 3 is 2.76 bits per heavy atom. The highest BCUT2D eigenvalue weighted by molar-refractivity contribution is 7.99. The molecule has 1 nitrogen and oxygen atoms in total. The summed E-state index contributed by atoms with van der Waals surface area (Å²) in [5, 5.41) is 5.05. The highest BCUT2D eigenvalue weighted by Gasteiger charge is 2.20. The van der Waals surface area contributed by atoms with Crippen LogP contribution >= 0.6 is 23.4 Å². The Hall–Kier alpha value is -0.180. The van der Waals surface area contributed by atoms with Crippen molar-refractivity contribution in [3.8, 4) is 0 Å². The highest BCUT2D eigenvalue weighted by atomic mass is 35.5. The van der Waals surface area contributed by atoms with Gasteiger partial charge in [-0.3, -0.25) is 0 Å². The molecule has 0 aliphatic heterocycles. The van der Waals surface area contributed by atoms with E-state index in [1.165, 1.54) is 31.2 Å². The number of hydrogen-bond donors (Lipinski definition) is 1. The molecule has 2 atom stereocenters. The number of halogens is 1. The number of benzene rings is 1. The summed E-state index contributed by atoms with van der Waals surface area (Å²) in [6, 6.07) is 8.96. The summed E-state index contributed by atoms with van der Waals surface area (Å²) in [6.07, 6.45) is 5.39. The third kappa shape index (κ3) is 4.20. The largest absolute Gasteiger partial charge is 0.317 e. The molecular formula is C14H20ClNS. The summed E-state index contributed by atoms with van der Waals surface area (Å²) in [5.74, 6) is 1.11. The van der Waals surface area contributed by atoms with Gasteiger partial charge in [0, 0.05) is 22.1 Å². The Kier molecular flexibility index (Phi) is 5.20. The van der Waals surface area contributed by atoms with Crippen LogP contribution in [-0.2, 0) is 5.75 Å². The van der Waals surface area contributed by atoms with E-state index in [0.717, 1.165) is 22.1 Å². The van der Waals surface area contributed by atoms with Crippen LogP contribution < -0.4 is 5.32 Å². The number of thioether (sulfide) groups is 1. The number of rotatable bonds is 4. The fourth-order valence-electron chi connectivity index (χ4n) is 2.35. The average Bonchev–Trinajstić information content (AvgIpc) is 2.38. The van der Waals surface area contributed by atoms with Crippen LogP contribution in [0.4, 0.5) is 0 Å². The van der Waals surface area contributed by atoms with Gasteiger partial charge in [0.25, 0.3) is 0 Å². The van der Waals surface area contributed by atoms with E-state index in [0.29, 0.717) is 0 Å². The molecule has 1 saturated carbocycles. The summed E-state index contributed by atoms with van der Waals surface area (Å²) in [7, 11) is 2.08. The lowest BCUT2D eigenvalue weighted by Gasteiger charge is -2.28. The van der Waals surface area contributed by atoms with Crippen LogP contribution in [0.15, 0.2) is 24.3 Å².